The van der Waals surface area contributed by atoms with Gasteiger partial charge < -0.3 is 47.9 Å². The van der Waals surface area contributed by atoms with Gasteiger partial charge in [-0.15, -0.1) is 12.8 Å². The second-order valence-electron chi connectivity index (χ2n) is 7.15. The SMILES string of the molecule is C#CCOCCOCCOCCO.C#CCOCCOCCOCCOC1CCCCO1.[3H]P(=S)(CC)PO. The highest BCUT2D eigenvalue weighted by atomic mass is 32.6. The largest absolute Gasteiger partial charge is 0.394 e. The summed E-state index contributed by atoms with van der Waals surface area (Å²) >= 11 is 4.69. The van der Waals surface area contributed by atoms with Crippen LogP contribution in [0.4, 0.5) is 0 Å². The zero-order valence-electron chi connectivity index (χ0n) is 23.7. The Kier molecular flexibility index (Phi) is 36.6. The van der Waals surface area contributed by atoms with Gasteiger partial charge in [0.15, 0.2) is 6.29 Å². The molecule has 224 valence electrons. The number of terminal acetylenes is 2. The molecule has 0 aromatic rings. The van der Waals surface area contributed by atoms with E-state index >= 15 is 0 Å². The Labute approximate surface area is 238 Å². The fraction of sp³-hybridized carbons (Fsp3) is 0.840. The van der Waals surface area contributed by atoms with Gasteiger partial charge in [0.25, 0.3) is 0 Å². The third-order valence-corrected chi connectivity index (χ3v) is 8.09. The minimum Gasteiger partial charge on any atom is -0.394 e. The lowest BCUT2D eigenvalue weighted by Gasteiger charge is -2.22. The van der Waals surface area contributed by atoms with Gasteiger partial charge in [-0.2, -0.15) is 0 Å². The maximum Gasteiger partial charge on any atom is 0.157 e. The van der Waals surface area contributed by atoms with E-state index in [1.807, 2.05) is 6.92 Å². The molecule has 13 heteroatoms. The summed E-state index contributed by atoms with van der Waals surface area (Å²) in [7, 11) is -0.323. The summed E-state index contributed by atoms with van der Waals surface area (Å²) in [5, 5.41) is 8.36. The van der Waals surface area contributed by atoms with Crippen molar-refractivity contribution in [2.45, 2.75) is 32.5 Å². The first-order chi connectivity index (χ1) is 19.0. The van der Waals surface area contributed by atoms with E-state index in [2.05, 4.69) is 23.6 Å². The van der Waals surface area contributed by atoms with Crippen molar-refractivity contribution in [2.24, 2.45) is 0 Å². The average Bonchev–Trinajstić information content (AvgIpc) is 2.96. The Morgan fingerprint density at radius 1 is 0.868 bits per heavy atom. The lowest BCUT2D eigenvalue weighted by Crippen LogP contribution is -2.24. The molecule has 0 spiro atoms. The predicted molar refractivity (Wildman–Crippen MR) is 156 cm³/mol. The molecular weight excluding hydrogens is 554 g/mol. The molecule has 10 nitrogen and oxygen atoms in total. The van der Waals surface area contributed by atoms with Crippen molar-refractivity contribution in [3.05, 3.63) is 0 Å². The van der Waals surface area contributed by atoms with Crippen LogP contribution in [0.25, 0.3) is 0 Å². The maximum absolute atomic E-state index is 8.38. The number of rotatable bonds is 22. The zero-order valence-corrected chi connectivity index (χ0v) is 25.4. The van der Waals surface area contributed by atoms with Crippen LogP contribution >= 0.6 is 14.8 Å². The van der Waals surface area contributed by atoms with Gasteiger partial charge in [0.2, 0.25) is 0 Å². The first kappa shape index (κ1) is 37.8. The normalized spacial score (nSPS) is 16.8. The highest BCUT2D eigenvalue weighted by Crippen LogP contribution is 2.40. The van der Waals surface area contributed by atoms with Crippen LogP contribution in [0.15, 0.2) is 0 Å². The molecule has 3 atom stereocenters. The second-order valence-corrected chi connectivity index (χ2v) is 13.3. The number of hydrogen-bond donors (Lipinski definition) is 2. The molecule has 2 N–H and O–H groups in total. The van der Waals surface area contributed by atoms with E-state index in [1.165, 1.54) is 6.42 Å². The Bertz CT molecular complexity index is 623. The standard InChI is InChI=1S/C14H24O5.C9H16O4.C2H8OP2S/c1-2-6-15-8-9-16-10-11-17-12-13-19-14-5-3-4-7-18-14;1-2-4-11-6-8-13-9-7-12-5-3-10;1-2-5(6)4-3/h1,14H,3-13H2;1,10H,3-9H2;3-5H,2H2,1H3/i;;5T. The van der Waals surface area contributed by atoms with Crippen molar-refractivity contribution in [3.63, 3.8) is 0 Å². The van der Waals surface area contributed by atoms with E-state index in [4.69, 9.17) is 62.0 Å². The molecule has 1 aliphatic heterocycles. The predicted octanol–water partition coefficient (Wildman–Crippen LogP) is 2.06. The van der Waals surface area contributed by atoms with Crippen LogP contribution in [0.5, 0.6) is 0 Å². The smallest absolute Gasteiger partial charge is 0.157 e. The molecule has 3 unspecified atom stereocenters. The minimum atomic E-state index is -1.99. The van der Waals surface area contributed by atoms with Crippen LogP contribution in [0.1, 0.15) is 26.2 Å². The molecule has 0 radical (unpaired) electrons. The summed E-state index contributed by atoms with van der Waals surface area (Å²) < 4.78 is 48.9. The lowest BCUT2D eigenvalue weighted by molar-refractivity contribution is -0.169. The molecule has 0 aliphatic carbocycles. The van der Waals surface area contributed by atoms with E-state index in [-0.39, 0.29) is 21.4 Å². The first-order valence-corrected chi connectivity index (χ1v) is 17.0. The van der Waals surface area contributed by atoms with E-state index in [0.717, 1.165) is 19.4 Å². The topological polar surface area (TPSA) is 114 Å². The van der Waals surface area contributed by atoms with Crippen molar-refractivity contribution in [3.8, 4) is 24.7 Å². The Morgan fingerprint density at radius 3 is 1.71 bits per heavy atom. The van der Waals surface area contributed by atoms with Crippen molar-refractivity contribution in [1.82, 2.24) is 0 Å². The Morgan fingerprint density at radius 2 is 1.34 bits per heavy atom. The van der Waals surface area contributed by atoms with Gasteiger partial charge in [-0.25, -0.2) is 0 Å². The fourth-order valence-corrected chi connectivity index (χ4v) is 2.92. The van der Waals surface area contributed by atoms with E-state index in [1.54, 1.807) is 0 Å². The third kappa shape index (κ3) is 35.8. The monoisotopic (exact) mass is 604 g/mol. The second kappa shape index (κ2) is 36.8. The van der Waals surface area contributed by atoms with Crippen LogP contribution in [0, 0.1) is 24.7 Å². The zero-order chi connectivity index (χ0) is 29.3. The van der Waals surface area contributed by atoms with Crippen molar-refractivity contribution in [2.75, 3.05) is 105 Å². The molecular formula is C25H48O10P2S. The van der Waals surface area contributed by atoms with Crippen LogP contribution in [0.3, 0.4) is 0 Å². The molecule has 1 heterocycles. The lowest BCUT2D eigenvalue weighted by atomic mass is 10.2. The van der Waals surface area contributed by atoms with E-state index in [0.29, 0.717) is 92.1 Å². The van der Waals surface area contributed by atoms with Gasteiger partial charge in [0.05, 0.1) is 80.6 Å². The summed E-state index contributed by atoms with van der Waals surface area (Å²) in [4.78, 5) is 8.38. The molecule has 0 aromatic heterocycles. The molecule has 1 rings (SSSR count). The van der Waals surface area contributed by atoms with Crippen LogP contribution < -0.4 is 0 Å². The molecule has 1 aliphatic rings. The van der Waals surface area contributed by atoms with Crippen molar-refractivity contribution in [1.29, 1.82) is 1.28 Å². The third-order valence-electron chi connectivity index (χ3n) is 4.16. The molecule has 0 saturated carbocycles. The quantitative estimate of drug-likeness (QED) is 0.108. The summed E-state index contributed by atoms with van der Waals surface area (Å²) in [6.45, 7) is 9.05. The van der Waals surface area contributed by atoms with Crippen LogP contribution in [0.2, 0.25) is 0 Å². The summed E-state index contributed by atoms with van der Waals surface area (Å²) in [5.74, 6) is 4.75. The van der Waals surface area contributed by atoms with Crippen molar-refractivity contribution < 1.29 is 47.9 Å². The Hall–Kier alpha value is -0.200. The highest BCUT2D eigenvalue weighted by Gasteiger charge is 2.13. The first-order valence-electron chi connectivity index (χ1n) is 13.1. The molecule has 1 saturated heterocycles. The van der Waals surface area contributed by atoms with Crippen LogP contribution in [-0.4, -0.2) is 123 Å². The highest BCUT2D eigenvalue weighted by molar-refractivity contribution is 8.37. The number of hydrogen-bond acceptors (Lipinski definition) is 11. The minimum absolute atomic E-state index is 0.0399. The number of aliphatic hydroxyl groups excluding tert-OH is 1. The fourth-order valence-electron chi connectivity index (χ4n) is 2.36. The number of aliphatic hydroxyl groups is 1. The van der Waals surface area contributed by atoms with Gasteiger partial charge in [0.1, 0.15) is 13.2 Å². The molecule has 0 amide bonds. The summed E-state index contributed by atoms with van der Waals surface area (Å²) in [5.41, 5.74) is 0. The summed E-state index contributed by atoms with van der Waals surface area (Å²) in [6, 6.07) is 0. The van der Waals surface area contributed by atoms with Gasteiger partial charge in [-0.05, 0) is 31.8 Å². The number of ether oxygens (including phenoxy) is 8. The molecule has 0 aromatic carbocycles. The average molecular weight is 605 g/mol. The van der Waals surface area contributed by atoms with Crippen LogP contribution in [-0.2, 0) is 49.7 Å². The summed E-state index contributed by atoms with van der Waals surface area (Å²) in [6.07, 6.45) is 11.9. The van der Waals surface area contributed by atoms with E-state index < -0.39 is 6.33 Å². The maximum atomic E-state index is 8.38. The van der Waals surface area contributed by atoms with E-state index in [9.17, 15) is 0 Å². The van der Waals surface area contributed by atoms with Gasteiger partial charge >= 0.3 is 0 Å². The van der Waals surface area contributed by atoms with Gasteiger partial charge in [0, 0.05) is 15.1 Å². The molecule has 38 heavy (non-hydrogen) atoms. The Balaban J connectivity index is 0. The van der Waals surface area contributed by atoms with Gasteiger partial charge in [-0.1, -0.05) is 30.6 Å². The van der Waals surface area contributed by atoms with Crippen molar-refractivity contribution >= 4 is 26.6 Å². The molecule has 1 fully saturated rings. The molecule has 0 bridgehead atoms. The van der Waals surface area contributed by atoms with Gasteiger partial charge in [-0.3, -0.25) is 0 Å².